The van der Waals surface area contributed by atoms with Crippen LogP contribution >= 0.6 is 11.6 Å². The van der Waals surface area contributed by atoms with Crippen LogP contribution in [0.4, 0.5) is 10.2 Å². The summed E-state index contributed by atoms with van der Waals surface area (Å²) in [6.45, 7) is 1.52. The van der Waals surface area contributed by atoms with Crippen LogP contribution in [0.5, 0.6) is 5.75 Å². The van der Waals surface area contributed by atoms with Gasteiger partial charge in [-0.3, -0.25) is 14.8 Å². The van der Waals surface area contributed by atoms with Crippen LogP contribution in [0.25, 0.3) is 11.3 Å². The summed E-state index contributed by atoms with van der Waals surface area (Å²) in [6, 6.07) is 5.44. The third kappa shape index (κ3) is 4.19. The lowest BCUT2D eigenvalue weighted by molar-refractivity contribution is 0.102. The average Bonchev–Trinajstić information content (AvgIpc) is 2.68. The summed E-state index contributed by atoms with van der Waals surface area (Å²) in [7, 11) is 0. The highest BCUT2D eigenvalue weighted by Crippen LogP contribution is 2.32. The van der Waals surface area contributed by atoms with Crippen molar-refractivity contribution in [3.8, 4) is 17.0 Å². The maximum Gasteiger partial charge on any atom is 0.258 e. The molecule has 0 atom stereocenters. The number of anilines is 1. The minimum atomic E-state index is -0.544. The molecule has 1 N–H and O–H groups in total. The Hall–Kier alpha value is -3.06. The van der Waals surface area contributed by atoms with Crippen molar-refractivity contribution < 1.29 is 13.9 Å². The third-order valence-electron chi connectivity index (χ3n) is 4.86. The van der Waals surface area contributed by atoms with Gasteiger partial charge in [-0.15, -0.1) is 0 Å². The molecule has 1 aliphatic rings. The number of carbonyl (C=O) groups excluding carboxylic acids is 1. The van der Waals surface area contributed by atoms with Crippen LogP contribution in [-0.2, 0) is 0 Å². The molecule has 0 spiro atoms. The highest BCUT2D eigenvalue weighted by atomic mass is 35.5. The number of amides is 1. The van der Waals surface area contributed by atoms with Crippen molar-refractivity contribution >= 4 is 23.3 Å². The number of carbonyl (C=O) groups is 1. The fourth-order valence-electron chi connectivity index (χ4n) is 2.90. The van der Waals surface area contributed by atoms with Crippen LogP contribution in [0, 0.1) is 12.7 Å². The molecule has 1 aliphatic carbocycles. The van der Waals surface area contributed by atoms with Gasteiger partial charge >= 0.3 is 0 Å². The van der Waals surface area contributed by atoms with E-state index >= 15 is 0 Å². The summed E-state index contributed by atoms with van der Waals surface area (Å²) in [4.78, 5) is 24.6. The van der Waals surface area contributed by atoms with Crippen LogP contribution in [-0.4, -0.2) is 27.0 Å². The fraction of sp³-hybridized carbons (Fsp3) is 0.238. The van der Waals surface area contributed by atoms with Gasteiger partial charge in [-0.05, 0) is 44.4 Å². The molecule has 1 amide bonds. The van der Waals surface area contributed by atoms with Gasteiger partial charge in [0.2, 0.25) is 0 Å². The van der Waals surface area contributed by atoms with Crippen LogP contribution in [0.3, 0.4) is 0 Å². The van der Waals surface area contributed by atoms with Crippen LogP contribution in [0.2, 0.25) is 5.02 Å². The molecule has 0 saturated heterocycles. The number of hydrogen-bond donors (Lipinski definition) is 1. The summed E-state index contributed by atoms with van der Waals surface area (Å²) in [5.74, 6) is -0.0778. The number of rotatable bonds is 5. The highest BCUT2D eigenvalue weighted by Gasteiger charge is 2.20. The van der Waals surface area contributed by atoms with Crippen molar-refractivity contribution in [1.29, 1.82) is 0 Å². The van der Waals surface area contributed by atoms with E-state index in [0.29, 0.717) is 16.3 Å². The lowest BCUT2D eigenvalue weighted by Gasteiger charge is -2.26. The Balaban J connectivity index is 1.51. The van der Waals surface area contributed by atoms with Gasteiger partial charge < -0.3 is 10.1 Å². The van der Waals surface area contributed by atoms with Gasteiger partial charge in [-0.25, -0.2) is 9.37 Å². The van der Waals surface area contributed by atoms with E-state index in [4.69, 9.17) is 16.3 Å². The van der Waals surface area contributed by atoms with E-state index in [1.807, 2.05) is 12.1 Å². The maximum absolute atomic E-state index is 13.6. The minimum absolute atomic E-state index is 0.139. The molecule has 1 fully saturated rings. The van der Waals surface area contributed by atoms with Gasteiger partial charge in [0.05, 0.1) is 41.0 Å². The molecule has 1 saturated carbocycles. The maximum atomic E-state index is 13.6. The van der Waals surface area contributed by atoms with E-state index in [2.05, 4.69) is 20.3 Å². The Morgan fingerprint density at radius 1 is 1.21 bits per heavy atom. The number of nitrogens with one attached hydrogen (secondary N) is 1. The smallest absolute Gasteiger partial charge is 0.258 e. The molecule has 2 aromatic heterocycles. The van der Waals surface area contributed by atoms with Crippen LogP contribution in [0.15, 0.2) is 43.0 Å². The second-order valence-corrected chi connectivity index (χ2v) is 7.25. The Kier molecular flexibility index (Phi) is 5.40. The monoisotopic (exact) mass is 412 g/mol. The van der Waals surface area contributed by atoms with Gasteiger partial charge in [0, 0.05) is 17.3 Å². The Morgan fingerprint density at radius 2 is 2.03 bits per heavy atom. The molecule has 4 rings (SSSR count). The van der Waals surface area contributed by atoms with E-state index in [1.54, 1.807) is 6.07 Å². The first-order valence-corrected chi connectivity index (χ1v) is 9.59. The molecule has 29 heavy (non-hydrogen) atoms. The number of halogens is 2. The largest absolute Gasteiger partial charge is 0.490 e. The quantitative estimate of drug-likeness (QED) is 0.649. The third-order valence-corrected chi connectivity index (χ3v) is 5.19. The van der Waals surface area contributed by atoms with Gasteiger partial charge in [0.25, 0.3) is 5.91 Å². The Morgan fingerprint density at radius 3 is 2.72 bits per heavy atom. The summed E-state index contributed by atoms with van der Waals surface area (Å²) in [5.41, 5.74) is 1.60. The van der Waals surface area contributed by atoms with Crippen molar-refractivity contribution in [3.63, 3.8) is 0 Å². The number of aromatic nitrogens is 3. The normalized spacial score (nSPS) is 13.6. The number of hydrogen-bond acceptors (Lipinski definition) is 5. The van der Waals surface area contributed by atoms with Crippen LogP contribution in [0.1, 0.15) is 35.2 Å². The first kappa shape index (κ1) is 19.3. The van der Waals surface area contributed by atoms with E-state index in [1.165, 1.54) is 31.9 Å². The molecule has 148 valence electrons. The van der Waals surface area contributed by atoms with Gasteiger partial charge in [0.1, 0.15) is 11.6 Å². The number of nitrogens with zero attached hydrogens (tertiary/aromatic N) is 3. The zero-order valence-electron chi connectivity index (χ0n) is 15.7. The van der Waals surface area contributed by atoms with Crippen molar-refractivity contribution in [1.82, 2.24) is 15.0 Å². The second-order valence-electron chi connectivity index (χ2n) is 6.85. The highest BCUT2D eigenvalue weighted by molar-refractivity contribution is 6.33. The summed E-state index contributed by atoms with van der Waals surface area (Å²) < 4.78 is 19.5. The molecular weight excluding hydrogens is 395 g/mol. The predicted molar refractivity (Wildman–Crippen MR) is 108 cm³/mol. The molecule has 0 radical (unpaired) electrons. The summed E-state index contributed by atoms with van der Waals surface area (Å²) in [6.07, 6.45) is 8.88. The summed E-state index contributed by atoms with van der Waals surface area (Å²) in [5, 5.41) is 3.12. The van der Waals surface area contributed by atoms with Crippen molar-refractivity contribution in [2.24, 2.45) is 0 Å². The molecular formula is C21H18ClFN4O2. The van der Waals surface area contributed by atoms with Crippen molar-refractivity contribution in [2.75, 3.05) is 5.32 Å². The second kappa shape index (κ2) is 8.13. The number of pyridine rings is 1. The van der Waals surface area contributed by atoms with Gasteiger partial charge in [0.15, 0.2) is 5.82 Å². The van der Waals surface area contributed by atoms with E-state index < -0.39 is 11.7 Å². The van der Waals surface area contributed by atoms with E-state index in [-0.39, 0.29) is 23.0 Å². The number of ether oxygens (including phenoxy) is 1. The standard InChI is InChI=1S/C21H18ClFN4O2/c1-12-16(8-24-9-18(12)23)21(28)27-20-11-25-19(10-26-20)15-7-14(5-6-17(15)22)29-13-3-2-4-13/h5-11,13H,2-4H2,1H3,(H,26,27,28). The fourth-order valence-corrected chi connectivity index (χ4v) is 3.11. The molecule has 0 bridgehead atoms. The molecule has 8 heteroatoms. The lowest BCUT2D eigenvalue weighted by Crippen LogP contribution is -2.24. The molecule has 0 aliphatic heterocycles. The number of benzene rings is 1. The summed E-state index contributed by atoms with van der Waals surface area (Å²) >= 11 is 6.32. The molecule has 3 aromatic rings. The SMILES string of the molecule is Cc1c(F)cncc1C(=O)Nc1cnc(-c2cc(OC3CCC3)ccc2Cl)cn1. The first-order valence-electron chi connectivity index (χ1n) is 9.21. The lowest BCUT2D eigenvalue weighted by atomic mass is 9.96. The Labute approximate surface area is 172 Å². The molecule has 2 heterocycles. The van der Waals surface area contributed by atoms with Crippen molar-refractivity contribution in [3.05, 3.63) is 65.0 Å². The first-order chi connectivity index (χ1) is 14.0. The van der Waals surface area contributed by atoms with Gasteiger partial charge in [-0.2, -0.15) is 0 Å². The predicted octanol–water partition coefficient (Wildman–Crippen LogP) is 4.82. The molecule has 1 aromatic carbocycles. The van der Waals surface area contributed by atoms with Gasteiger partial charge in [-0.1, -0.05) is 11.6 Å². The Bertz CT molecular complexity index is 1060. The minimum Gasteiger partial charge on any atom is -0.490 e. The topological polar surface area (TPSA) is 77.0 Å². The average molecular weight is 413 g/mol. The molecule has 0 unspecified atom stereocenters. The van der Waals surface area contributed by atoms with E-state index in [9.17, 15) is 9.18 Å². The van der Waals surface area contributed by atoms with Crippen molar-refractivity contribution in [2.45, 2.75) is 32.3 Å². The zero-order chi connectivity index (χ0) is 20.4. The van der Waals surface area contributed by atoms with E-state index in [0.717, 1.165) is 24.8 Å². The molecule has 6 nitrogen and oxygen atoms in total. The zero-order valence-corrected chi connectivity index (χ0v) is 16.4. The van der Waals surface area contributed by atoms with Crippen LogP contribution < -0.4 is 10.1 Å².